The highest BCUT2D eigenvalue weighted by Crippen LogP contribution is 2.43. The molecule has 2 aliphatic rings. The van der Waals surface area contributed by atoms with E-state index in [0.29, 0.717) is 18.5 Å². The third-order valence-electron chi connectivity index (χ3n) is 7.09. The van der Waals surface area contributed by atoms with Gasteiger partial charge in [0.05, 0.1) is 11.9 Å². The standard InChI is InChI=1S/C28H24F5N5O5/c1-15(18-8-9-21-22(11-18)43-28(32,33)42-21)41-23-12-19(13-34-35-23)38-25-20(24(36-38)27(29,30)31)3-2-10-37(25)14-16-4-6-17(7-5-16)26(39)40/h4-9,11-13,15,26,39-40H,2-3,10,14H2,1H3/t15-/m0/s1. The van der Waals surface area contributed by atoms with Crippen molar-refractivity contribution in [1.82, 2.24) is 20.0 Å². The molecule has 2 aromatic carbocycles. The van der Waals surface area contributed by atoms with E-state index in [1.165, 1.54) is 42.6 Å². The molecule has 0 spiro atoms. The summed E-state index contributed by atoms with van der Waals surface area (Å²) >= 11 is 0. The number of alkyl halides is 5. The quantitative estimate of drug-likeness (QED) is 0.220. The monoisotopic (exact) mass is 605 g/mol. The van der Waals surface area contributed by atoms with Crippen LogP contribution < -0.4 is 19.1 Å². The first kappa shape index (κ1) is 28.6. The van der Waals surface area contributed by atoms with Gasteiger partial charge in [-0.3, -0.25) is 0 Å². The van der Waals surface area contributed by atoms with Crippen LogP contribution in [0.15, 0.2) is 54.7 Å². The van der Waals surface area contributed by atoms with Crippen molar-refractivity contribution in [3.8, 4) is 23.1 Å². The zero-order valence-electron chi connectivity index (χ0n) is 22.4. The first-order valence-electron chi connectivity index (χ1n) is 13.2. The summed E-state index contributed by atoms with van der Waals surface area (Å²) in [5.74, 6) is -0.0825. The highest BCUT2D eigenvalue weighted by atomic mass is 19.4. The SMILES string of the molecule is C[C@H](Oc1cc(-n2nc(C(F)(F)F)c3c2N(Cc2ccc(C(O)O)cc2)CCC3)cnn1)c1ccc2c(c1)OC(F)(F)O2. The van der Waals surface area contributed by atoms with E-state index in [2.05, 4.69) is 24.8 Å². The van der Waals surface area contributed by atoms with Crippen LogP contribution in [0.3, 0.4) is 0 Å². The molecule has 2 aliphatic heterocycles. The highest BCUT2D eigenvalue weighted by molar-refractivity contribution is 5.58. The number of halogens is 5. The first-order valence-corrected chi connectivity index (χ1v) is 13.2. The van der Waals surface area contributed by atoms with Gasteiger partial charge in [-0.15, -0.1) is 13.9 Å². The number of hydrogen-bond acceptors (Lipinski definition) is 9. The molecule has 4 heterocycles. The smallest absolute Gasteiger partial charge is 0.469 e. The van der Waals surface area contributed by atoms with E-state index in [9.17, 15) is 32.2 Å². The molecule has 15 heteroatoms. The summed E-state index contributed by atoms with van der Waals surface area (Å²) in [5, 5.41) is 30.5. The summed E-state index contributed by atoms with van der Waals surface area (Å²) in [6.45, 7) is 2.31. The molecule has 0 amide bonds. The lowest BCUT2D eigenvalue weighted by molar-refractivity contribution is -0.286. The molecule has 10 nitrogen and oxygen atoms in total. The Bertz CT molecular complexity index is 1640. The van der Waals surface area contributed by atoms with Gasteiger partial charge in [0.2, 0.25) is 5.88 Å². The van der Waals surface area contributed by atoms with Gasteiger partial charge in [0, 0.05) is 30.3 Å². The van der Waals surface area contributed by atoms with Crippen LogP contribution in [0, 0.1) is 0 Å². The van der Waals surface area contributed by atoms with Crippen LogP contribution >= 0.6 is 0 Å². The van der Waals surface area contributed by atoms with Crippen molar-refractivity contribution >= 4 is 5.82 Å². The van der Waals surface area contributed by atoms with Gasteiger partial charge in [-0.2, -0.15) is 23.4 Å². The molecule has 226 valence electrons. The second-order valence-corrected chi connectivity index (χ2v) is 10.1. The fourth-order valence-corrected chi connectivity index (χ4v) is 5.10. The van der Waals surface area contributed by atoms with Crippen molar-refractivity contribution in [2.45, 2.75) is 51.2 Å². The Kier molecular flexibility index (Phi) is 7.08. The molecule has 0 fully saturated rings. The number of aliphatic hydroxyl groups is 2. The number of benzene rings is 2. The molecular formula is C28H24F5N5O5. The molecule has 0 saturated carbocycles. The molecule has 0 bridgehead atoms. The molecule has 1 atom stereocenters. The minimum atomic E-state index is -4.71. The number of rotatable bonds is 7. The lowest BCUT2D eigenvalue weighted by atomic mass is 10.0. The predicted octanol–water partition coefficient (Wildman–Crippen LogP) is 5.08. The third kappa shape index (κ3) is 5.77. The van der Waals surface area contributed by atoms with E-state index < -0.39 is 30.6 Å². The Balaban J connectivity index is 1.31. The van der Waals surface area contributed by atoms with Crippen LogP contribution in [0.25, 0.3) is 5.69 Å². The normalized spacial score (nSPS) is 16.3. The fraction of sp³-hybridized carbons (Fsp3) is 0.321. The Morgan fingerprint density at radius 1 is 1.02 bits per heavy atom. The number of aliphatic hydroxyl groups excluding tert-OH is 1. The van der Waals surface area contributed by atoms with E-state index in [1.807, 2.05) is 0 Å². The van der Waals surface area contributed by atoms with Gasteiger partial charge in [0.1, 0.15) is 11.9 Å². The number of anilines is 1. The van der Waals surface area contributed by atoms with Crippen LogP contribution in [0.1, 0.15) is 53.7 Å². The fourth-order valence-electron chi connectivity index (χ4n) is 5.10. The lowest BCUT2D eigenvalue weighted by Crippen LogP contribution is -2.31. The molecule has 43 heavy (non-hydrogen) atoms. The number of aromatic nitrogens is 4. The van der Waals surface area contributed by atoms with E-state index in [4.69, 9.17) is 4.74 Å². The summed E-state index contributed by atoms with van der Waals surface area (Å²) in [7, 11) is 0. The van der Waals surface area contributed by atoms with Gasteiger partial charge in [0.15, 0.2) is 23.5 Å². The van der Waals surface area contributed by atoms with Gasteiger partial charge in [-0.1, -0.05) is 30.3 Å². The highest BCUT2D eigenvalue weighted by Gasteiger charge is 2.44. The van der Waals surface area contributed by atoms with Crippen molar-refractivity contribution in [3.63, 3.8) is 0 Å². The molecule has 6 rings (SSSR count). The van der Waals surface area contributed by atoms with E-state index in [0.717, 1.165) is 10.2 Å². The number of ether oxygens (including phenoxy) is 3. The van der Waals surface area contributed by atoms with Gasteiger partial charge in [0.25, 0.3) is 0 Å². The van der Waals surface area contributed by atoms with E-state index in [-0.39, 0.29) is 53.0 Å². The average Bonchev–Trinajstić information content (AvgIpc) is 3.50. The maximum atomic E-state index is 14.1. The zero-order valence-corrected chi connectivity index (χ0v) is 22.4. The molecule has 0 aliphatic carbocycles. The summed E-state index contributed by atoms with van der Waals surface area (Å²) in [5.41, 5.74) is 0.692. The largest absolute Gasteiger partial charge is 0.586 e. The Hall–Kier alpha value is -4.50. The molecule has 0 unspecified atom stereocenters. The van der Waals surface area contributed by atoms with Crippen molar-refractivity contribution in [2.75, 3.05) is 11.4 Å². The summed E-state index contributed by atoms with van der Waals surface area (Å²) in [4.78, 5) is 1.78. The maximum Gasteiger partial charge on any atom is 0.586 e. The molecule has 0 radical (unpaired) electrons. The van der Waals surface area contributed by atoms with Crippen molar-refractivity contribution in [1.29, 1.82) is 0 Å². The lowest BCUT2D eigenvalue weighted by Gasteiger charge is -2.30. The maximum absolute atomic E-state index is 14.1. The topological polar surface area (TPSA) is 115 Å². The average molecular weight is 606 g/mol. The minimum Gasteiger partial charge on any atom is -0.469 e. The second kappa shape index (κ2) is 10.6. The van der Waals surface area contributed by atoms with Crippen LogP contribution in [0.5, 0.6) is 17.4 Å². The first-order chi connectivity index (χ1) is 20.4. The Morgan fingerprint density at radius 2 is 1.74 bits per heavy atom. The van der Waals surface area contributed by atoms with Gasteiger partial charge >= 0.3 is 12.5 Å². The number of fused-ring (bicyclic) bond motifs is 2. The van der Waals surface area contributed by atoms with Crippen LogP contribution in [-0.2, 0) is 19.1 Å². The predicted molar refractivity (Wildman–Crippen MR) is 139 cm³/mol. The second-order valence-electron chi connectivity index (χ2n) is 10.1. The minimum absolute atomic E-state index is 0.0358. The molecular weight excluding hydrogens is 581 g/mol. The number of nitrogens with zero attached hydrogens (tertiary/aromatic N) is 5. The van der Waals surface area contributed by atoms with E-state index >= 15 is 0 Å². The summed E-state index contributed by atoms with van der Waals surface area (Å²) < 4.78 is 85.1. The Morgan fingerprint density at radius 3 is 2.47 bits per heavy atom. The van der Waals surface area contributed by atoms with Crippen LogP contribution in [-0.4, -0.2) is 43.0 Å². The zero-order chi connectivity index (χ0) is 30.5. The van der Waals surface area contributed by atoms with Crippen molar-refractivity contribution in [2.24, 2.45) is 0 Å². The number of hydrogen-bond donors (Lipinski definition) is 2. The third-order valence-corrected chi connectivity index (χ3v) is 7.09. The van der Waals surface area contributed by atoms with Gasteiger partial charge in [-0.05, 0) is 43.0 Å². The van der Waals surface area contributed by atoms with Gasteiger partial charge < -0.3 is 29.3 Å². The summed E-state index contributed by atoms with van der Waals surface area (Å²) in [6, 6.07) is 12.0. The Labute approximate surface area is 240 Å². The van der Waals surface area contributed by atoms with Crippen LogP contribution in [0.2, 0.25) is 0 Å². The van der Waals surface area contributed by atoms with Crippen molar-refractivity contribution < 1.29 is 46.4 Å². The molecule has 2 aromatic heterocycles. The molecule has 4 aromatic rings. The van der Waals surface area contributed by atoms with Gasteiger partial charge in [-0.25, -0.2) is 4.68 Å². The molecule has 0 saturated heterocycles. The van der Waals surface area contributed by atoms with E-state index in [1.54, 1.807) is 24.0 Å². The van der Waals surface area contributed by atoms with Crippen molar-refractivity contribution in [3.05, 3.63) is 82.7 Å². The molecule has 2 N–H and O–H groups in total. The van der Waals surface area contributed by atoms with Crippen LogP contribution in [0.4, 0.5) is 27.8 Å². The summed E-state index contributed by atoms with van der Waals surface area (Å²) in [6.07, 6.45) is -8.96.